The van der Waals surface area contributed by atoms with Crippen LogP contribution in [0.15, 0.2) is 48.5 Å². The van der Waals surface area contributed by atoms with Crippen molar-refractivity contribution in [2.45, 2.75) is 51.5 Å². The topological polar surface area (TPSA) is 79.4 Å². The van der Waals surface area contributed by atoms with Gasteiger partial charge in [0.05, 0.1) is 17.7 Å². The van der Waals surface area contributed by atoms with E-state index in [4.69, 9.17) is 14.7 Å². The van der Waals surface area contributed by atoms with Gasteiger partial charge in [-0.2, -0.15) is 4.98 Å². The first kappa shape index (κ1) is 25.9. The first-order valence-electron chi connectivity index (χ1n) is 13.2. The summed E-state index contributed by atoms with van der Waals surface area (Å²) in [6, 6.07) is 16.4. The van der Waals surface area contributed by atoms with Crippen molar-refractivity contribution in [2.24, 2.45) is 5.92 Å². The van der Waals surface area contributed by atoms with E-state index in [2.05, 4.69) is 27.7 Å². The Labute approximate surface area is 214 Å². The molecule has 192 valence electrons. The second kappa shape index (κ2) is 12.7. The fourth-order valence-corrected chi connectivity index (χ4v) is 4.90. The fraction of sp³-hybridized carbons (Fsp3) is 0.483. The highest BCUT2D eigenvalue weighted by Gasteiger charge is 2.22. The van der Waals surface area contributed by atoms with E-state index in [1.807, 2.05) is 57.4 Å². The number of aromatic nitrogens is 2. The summed E-state index contributed by atoms with van der Waals surface area (Å²) in [4.78, 5) is 23.4. The van der Waals surface area contributed by atoms with Crippen molar-refractivity contribution in [3.8, 4) is 0 Å². The molecule has 0 spiro atoms. The van der Waals surface area contributed by atoms with Crippen molar-refractivity contribution in [1.29, 1.82) is 0 Å². The maximum Gasteiger partial charge on any atom is 0.338 e. The lowest BCUT2D eigenvalue weighted by Crippen LogP contribution is -2.32. The number of nitrogens with zero attached hydrogens (tertiary/aromatic N) is 3. The molecular formula is C29H39N5O2. The van der Waals surface area contributed by atoms with E-state index < -0.39 is 0 Å². The van der Waals surface area contributed by atoms with Crippen LogP contribution in [-0.4, -0.2) is 55.8 Å². The summed E-state index contributed by atoms with van der Waals surface area (Å²) >= 11 is 0. The van der Waals surface area contributed by atoms with E-state index >= 15 is 0 Å². The highest BCUT2D eigenvalue weighted by molar-refractivity contribution is 5.90. The van der Waals surface area contributed by atoms with Crippen LogP contribution in [0.4, 0.5) is 11.8 Å². The number of para-hydroxylation sites is 1. The van der Waals surface area contributed by atoms with Crippen LogP contribution in [0.2, 0.25) is 0 Å². The van der Waals surface area contributed by atoms with Gasteiger partial charge in [0.15, 0.2) is 0 Å². The smallest absolute Gasteiger partial charge is 0.338 e. The van der Waals surface area contributed by atoms with Crippen LogP contribution in [0.3, 0.4) is 0 Å². The van der Waals surface area contributed by atoms with Crippen LogP contribution in [0, 0.1) is 5.92 Å². The summed E-state index contributed by atoms with van der Waals surface area (Å²) < 4.78 is 5.04. The van der Waals surface area contributed by atoms with Crippen LogP contribution in [-0.2, 0) is 11.2 Å². The Morgan fingerprint density at radius 3 is 2.50 bits per heavy atom. The number of anilines is 2. The Morgan fingerprint density at radius 2 is 1.78 bits per heavy atom. The molecule has 0 radical (unpaired) electrons. The van der Waals surface area contributed by atoms with Crippen molar-refractivity contribution < 1.29 is 9.53 Å². The number of carbonyl (C=O) groups excluding carboxylic acids is 1. The Hall–Kier alpha value is -3.19. The van der Waals surface area contributed by atoms with Gasteiger partial charge >= 0.3 is 5.97 Å². The molecule has 1 heterocycles. The molecule has 2 aromatic carbocycles. The van der Waals surface area contributed by atoms with Gasteiger partial charge in [0.1, 0.15) is 5.82 Å². The molecule has 0 unspecified atom stereocenters. The van der Waals surface area contributed by atoms with Gasteiger partial charge in [-0.1, -0.05) is 24.3 Å². The predicted molar refractivity (Wildman–Crippen MR) is 147 cm³/mol. The molecule has 4 rings (SSSR count). The molecule has 7 heteroatoms. The maximum absolute atomic E-state index is 11.8. The van der Waals surface area contributed by atoms with Gasteiger partial charge in [-0.3, -0.25) is 0 Å². The second-order valence-corrected chi connectivity index (χ2v) is 9.87. The zero-order valence-corrected chi connectivity index (χ0v) is 21.8. The summed E-state index contributed by atoms with van der Waals surface area (Å²) in [6.07, 6.45) is 6.82. The number of carbonyl (C=O) groups is 1. The van der Waals surface area contributed by atoms with E-state index in [0.29, 0.717) is 18.2 Å². The Balaban J connectivity index is 1.16. The van der Waals surface area contributed by atoms with Crippen molar-refractivity contribution >= 4 is 28.6 Å². The maximum atomic E-state index is 11.8. The molecule has 1 aliphatic rings. The first-order valence-corrected chi connectivity index (χ1v) is 13.2. The average molecular weight is 490 g/mol. The van der Waals surface area contributed by atoms with E-state index in [1.165, 1.54) is 18.4 Å². The number of fused-ring (bicyclic) bond motifs is 1. The average Bonchev–Trinajstić information content (AvgIpc) is 2.89. The van der Waals surface area contributed by atoms with Gasteiger partial charge in [0.2, 0.25) is 5.95 Å². The van der Waals surface area contributed by atoms with Gasteiger partial charge < -0.3 is 20.3 Å². The van der Waals surface area contributed by atoms with Crippen molar-refractivity contribution in [1.82, 2.24) is 15.3 Å². The van der Waals surface area contributed by atoms with Gasteiger partial charge in [-0.05, 0) is 94.3 Å². The van der Waals surface area contributed by atoms with Gasteiger partial charge in [0, 0.05) is 25.5 Å². The third-order valence-corrected chi connectivity index (χ3v) is 6.90. The third-order valence-electron chi connectivity index (χ3n) is 6.90. The van der Waals surface area contributed by atoms with Crippen LogP contribution in [0.5, 0.6) is 0 Å². The van der Waals surface area contributed by atoms with Crippen molar-refractivity contribution in [3.05, 3.63) is 59.7 Å². The highest BCUT2D eigenvalue weighted by Crippen LogP contribution is 2.28. The molecule has 3 aromatic rings. The van der Waals surface area contributed by atoms with E-state index in [1.54, 1.807) is 0 Å². The number of hydrogen-bond acceptors (Lipinski definition) is 7. The zero-order valence-electron chi connectivity index (χ0n) is 21.8. The molecule has 7 nitrogen and oxygen atoms in total. The molecule has 0 atom stereocenters. The van der Waals surface area contributed by atoms with Crippen LogP contribution in [0.1, 0.15) is 54.9 Å². The van der Waals surface area contributed by atoms with Crippen LogP contribution < -0.4 is 15.5 Å². The third kappa shape index (κ3) is 6.94. The largest absolute Gasteiger partial charge is 0.462 e. The molecule has 1 aliphatic carbocycles. The summed E-state index contributed by atoms with van der Waals surface area (Å²) in [5.41, 5.74) is 2.85. The molecule has 0 saturated heterocycles. The standard InChI is InChI=1S/C29H39N5O2/c1-4-36-28(35)23-15-11-21(12-16-23)8-7-19-30-20-22-13-17-24(18-14-22)31-29-32-26-10-6-5-9-25(26)27(33-29)34(2)3/h5-6,9-12,15-16,22,24,30H,4,7-8,13-14,17-20H2,1-3H3,(H,31,32,33). The minimum Gasteiger partial charge on any atom is -0.462 e. The number of nitrogens with one attached hydrogen (secondary N) is 2. The number of hydrogen-bond donors (Lipinski definition) is 2. The van der Waals surface area contributed by atoms with E-state index in [9.17, 15) is 4.79 Å². The number of ether oxygens (including phenoxy) is 1. The molecule has 2 N–H and O–H groups in total. The number of rotatable bonds is 11. The molecule has 36 heavy (non-hydrogen) atoms. The Kier molecular flexibility index (Phi) is 9.11. The first-order chi connectivity index (χ1) is 17.5. The lowest BCUT2D eigenvalue weighted by atomic mass is 9.86. The van der Waals surface area contributed by atoms with Crippen LogP contribution >= 0.6 is 0 Å². The zero-order chi connectivity index (χ0) is 25.3. The quantitative estimate of drug-likeness (QED) is 0.288. The van der Waals surface area contributed by atoms with E-state index in [0.717, 1.165) is 67.4 Å². The van der Waals surface area contributed by atoms with Crippen molar-refractivity contribution in [2.75, 3.05) is 44.0 Å². The second-order valence-electron chi connectivity index (χ2n) is 9.87. The SMILES string of the molecule is CCOC(=O)c1ccc(CCCNCC2CCC(Nc3nc(N(C)C)c4ccccc4n3)CC2)cc1. The monoisotopic (exact) mass is 489 g/mol. The lowest BCUT2D eigenvalue weighted by molar-refractivity contribution is 0.0526. The summed E-state index contributed by atoms with van der Waals surface area (Å²) in [5, 5.41) is 8.33. The molecule has 1 fully saturated rings. The number of aryl methyl sites for hydroxylation is 1. The fourth-order valence-electron chi connectivity index (χ4n) is 4.90. The lowest BCUT2D eigenvalue weighted by Gasteiger charge is -2.29. The molecule has 1 saturated carbocycles. The molecule has 0 bridgehead atoms. The van der Waals surface area contributed by atoms with Crippen molar-refractivity contribution in [3.63, 3.8) is 0 Å². The molecule has 1 aromatic heterocycles. The minimum absolute atomic E-state index is 0.251. The van der Waals surface area contributed by atoms with Gasteiger partial charge in [0.25, 0.3) is 0 Å². The Bertz CT molecular complexity index is 1120. The van der Waals surface area contributed by atoms with E-state index in [-0.39, 0.29) is 5.97 Å². The number of benzene rings is 2. The number of esters is 1. The summed E-state index contributed by atoms with van der Waals surface area (Å²) in [6.45, 7) is 4.31. The normalized spacial score (nSPS) is 17.6. The molecule has 0 aliphatic heterocycles. The summed E-state index contributed by atoms with van der Waals surface area (Å²) in [5.74, 6) is 2.16. The van der Waals surface area contributed by atoms with Gasteiger partial charge in [-0.25, -0.2) is 9.78 Å². The molecule has 0 amide bonds. The predicted octanol–water partition coefficient (Wildman–Crippen LogP) is 5.07. The van der Waals surface area contributed by atoms with Crippen LogP contribution in [0.25, 0.3) is 10.9 Å². The molecular weight excluding hydrogens is 450 g/mol. The van der Waals surface area contributed by atoms with Gasteiger partial charge in [-0.15, -0.1) is 0 Å². The Morgan fingerprint density at radius 1 is 1.03 bits per heavy atom. The highest BCUT2D eigenvalue weighted by atomic mass is 16.5. The summed E-state index contributed by atoms with van der Waals surface area (Å²) in [7, 11) is 4.05. The minimum atomic E-state index is -0.251.